The van der Waals surface area contributed by atoms with Crippen LogP contribution in [0.5, 0.6) is 5.75 Å². The molecule has 2 aromatic rings. The van der Waals surface area contributed by atoms with Gasteiger partial charge in [-0.05, 0) is 31.5 Å². The summed E-state index contributed by atoms with van der Waals surface area (Å²) in [6, 6.07) is 12.6. The van der Waals surface area contributed by atoms with E-state index in [0.29, 0.717) is 6.42 Å². The van der Waals surface area contributed by atoms with Gasteiger partial charge < -0.3 is 4.74 Å². The van der Waals surface area contributed by atoms with Crippen LogP contribution in [-0.4, -0.2) is 26.5 Å². The second-order valence-electron chi connectivity index (χ2n) is 5.14. The minimum atomic E-state index is -3.56. The predicted molar refractivity (Wildman–Crippen MR) is 89.6 cm³/mol. The molecular formula is C16H18N2O5S. The second kappa shape index (κ2) is 7.89. The van der Waals surface area contributed by atoms with Crippen molar-refractivity contribution in [3.05, 3.63) is 64.2 Å². The summed E-state index contributed by atoms with van der Waals surface area (Å²) in [4.78, 5) is 10.5. The molecule has 0 heterocycles. The Morgan fingerprint density at radius 2 is 1.79 bits per heavy atom. The van der Waals surface area contributed by atoms with Gasteiger partial charge in [-0.25, -0.2) is 13.1 Å². The molecule has 0 aliphatic rings. The fourth-order valence-corrected chi connectivity index (χ4v) is 3.07. The van der Waals surface area contributed by atoms with Crippen LogP contribution in [0.25, 0.3) is 0 Å². The molecule has 1 N–H and O–H groups in total. The molecule has 0 atom stereocenters. The molecule has 2 aromatic carbocycles. The van der Waals surface area contributed by atoms with Crippen molar-refractivity contribution >= 4 is 15.7 Å². The smallest absolute Gasteiger partial charge is 0.310 e. The highest BCUT2D eigenvalue weighted by Gasteiger charge is 2.14. The Bertz CT molecular complexity index is 803. The van der Waals surface area contributed by atoms with Crippen LogP contribution in [0.1, 0.15) is 12.0 Å². The van der Waals surface area contributed by atoms with Gasteiger partial charge in [-0.15, -0.1) is 0 Å². The van der Waals surface area contributed by atoms with Gasteiger partial charge in [0.1, 0.15) is 0 Å². The zero-order valence-electron chi connectivity index (χ0n) is 13.1. The van der Waals surface area contributed by atoms with Crippen molar-refractivity contribution in [2.24, 2.45) is 0 Å². The molecule has 0 aliphatic carbocycles. The number of ether oxygens (including phenoxy) is 1. The van der Waals surface area contributed by atoms with Crippen molar-refractivity contribution in [2.75, 3.05) is 13.2 Å². The number of nitrogens with one attached hydrogen (secondary N) is 1. The van der Waals surface area contributed by atoms with E-state index in [2.05, 4.69) is 4.72 Å². The first kappa shape index (κ1) is 17.9. The lowest BCUT2D eigenvalue weighted by Crippen LogP contribution is -2.25. The number of benzene rings is 2. The molecule has 128 valence electrons. The Morgan fingerprint density at radius 1 is 1.12 bits per heavy atom. The van der Waals surface area contributed by atoms with Gasteiger partial charge in [0.2, 0.25) is 10.0 Å². The van der Waals surface area contributed by atoms with E-state index >= 15 is 0 Å². The van der Waals surface area contributed by atoms with Crippen LogP contribution in [0.4, 0.5) is 5.69 Å². The number of hydrogen-bond acceptors (Lipinski definition) is 5. The number of hydrogen-bond donors (Lipinski definition) is 1. The van der Waals surface area contributed by atoms with Gasteiger partial charge in [0.15, 0.2) is 5.75 Å². The van der Waals surface area contributed by atoms with Gasteiger partial charge in [-0.3, -0.25) is 10.1 Å². The number of nitro groups is 1. The molecule has 0 aliphatic heterocycles. The molecule has 0 fully saturated rings. The van der Waals surface area contributed by atoms with Gasteiger partial charge in [0, 0.05) is 12.6 Å². The normalized spacial score (nSPS) is 11.2. The minimum Gasteiger partial charge on any atom is -0.487 e. The lowest BCUT2D eigenvalue weighted by Gasteiger charge is -2.08. The first-order valence-electron chi connectivity index (χ1n) is 7.33. The fraction of sp³-hybridized carbons (Fsp3) is 0.250. The van der Waals surface area contributed by atoms with Crippen LogP contribution in [0.3, 0.4) is 0 Å². The van der Waals surface area contributed by atoms with Gasteiger partial charge >= 0.3 is 5.69 Å². The van der Waals surface area contributed by atoms with Crippen LogP contribution in [0, 0.1) is 17.0 Å². The zero-order valence-corrected chi connectivity index (χ0v) is 14.0. The third-order valence-electron chi connectivity index (χ3n) is 3.26. The van der Waals surface area contributed by atoms with E-state index in [4.69, 9.17) is 4.74 Å². The highest BCUT2D eigenvalue weighted by Crippen LogP contribution is 2.25. The zero-order chi connectivity index (χ0) is 17.6. The van der Waals surface area contributed by atoms with E-state index in [0.717, 1.165) is 5.56 Å². The molecule has 24 heavy (non-hydrogen) atoms. The number of para-hydroxylation sites is 2. The molecule has 0 saturated heterocycles. The van der Waals surface area contributed by atoms with Gasteiger partial charge in [-0.2, -0.15) is 0 Å². The van der Waals surface area contributed by atoms with E-state index in [1.165, 1.54) is 12.1 Å². The highest BCUT2D eigenvalue weighted by molar-refractivity contribution is 7.89. The Balaban J connectivity index is 1.83. The van der Waals surface area contributed by atoms with Crippen LogP contribution in [0.15, 0.2) is 53.4 Å². The lowest BCUT2D eigenvalue weighted by molar-refractivity contribution is -0.385. The Kier molecular flexibility index (Phi) is 5.88. The van der Waals surface area contributed by atoms with E-state index in [1.807, 2.05) is 6.92 Å². The average Bonchev–Trinajstić information content (AvgIpc) is 2.55. The Morgan fingerprint density at radius 3 is 2.46 bits per heavy atom. The SMILES string of the molecule is Cc1ccc(S(=O)(=O)NCCCOc2ccccc2[N+](=O)[O-])cc1. The van der Waals surface area contributed by atoms with Gasteiger partial charge in [-0.1, -0.05) is 29.8 Å². The van der Waals surface area contributed by atoms with Crippen molar-refractivity contribution in [2.45, 2.75) is 18.2 Å². The summed E-state index contributed by atoms with van der Waals surface area (Å²) in [7, 11) is -3.56. The van der Waals surface area contributed by atoms with Crippen molar-refractivity contribution in [3.63, 3.8) is 0 Å². The van der Waals surface area contributed by atoms with Crippen LogP contribution < -0.4 is 9.46 Å². The minimum absolute atomic E-state index is 0.113. The molecule has 0 unspecified atom stereocenters. The van der Waals surface area contributed by atoms with Crippen molar-refractivity contribution in [1.82, 2.24) is 4.72 Å². The number of nitrogens with zero attached hydrogens (tertiary/aromatic N) is 1. The lowest BCUT2D eigenvalue weighted by atomic mass is 10.2. The van der Waals surface area contributed by atoms with E-state index in [-0.39, 0.29) is 29.5 Å². The highest BCUT2D eigenvalue weighted by atomic mass is 32.2. The third-order valence-corrected chi connectivity index (χ3v) is 4.74. The molecule has 0 amide bonds. The maximum absolute atomic E-state index is 12.1. The van der Waals surface area contributed by atoms with Crippen LogP contribution in [-0.2, 0) is 10.0 Å². The topological polar surface area (TPSA) is 98.5 Å². The molecule has 0 bridgehead atoms. The van der Waals surface area contributed by atoms with E-state index in [1.54, 1.807) is 36.4 Å². The first-order valence-corrected chi connectivity index (χ1v) is 8.81. The number of sulfonamides is 1. The molecule has 0 aromatic heterocycles. The second-order valence-corrected chi connectivity index (χ2v) is 6.90. The third kappa shape index (κ3) is 4.77. The molecule has 0 spiro atoms. The number of rotatable bonds is 8. The Hall–Kier alpha value is -2.45. The predicted octanol–water partition coefficient (Wildman–Crippen LogP) is 2.65. The summed E-state index contributed by atoms with van der Waals surface area (Å²) in [5.74, 6) is 0.170. The molecule has 7 nitrogen and oxygen atoms in total. The largest absolute Gasteiger partial charge is 0.487 e. The Labute approximate surface area is 140 Å². The van der Waals surface area contributed by atoms with Crippen molar-refractivity contribution in [1.29, 1.82) is 0 Å². The molecule has 2 rings (SSSR count). The van der Waals surface area contributed by atoms with Crippen LogP contribution in [0.2, 0.25) is 0 Å². The van der Waals surface area contributed by atoms with Crippen LogP contribution >= 0.6 is 0 Å². The van der Waals surface area contributed by atoms with Crippen molar-refractivity contribution in [3.8, 4) is 5.75 Å². The van der Waals surface area contributed by atoms with E-state index < -0.39 is 14.9 Å². The summed E-state index contributed by atoms with van der Waals surface area (Å²) in [6.45, 7) is 2.22. The monoisotopic (exact) mass is 350 g/mol. The number of aryl methyl sites for hydroxylation is 1. The molecule has 0 saturated carbocycles. The maximum Gasteiger partial charge on any atom is 0.310 e. The standard InChI is InChI=1S/C16H18N2O5S/c1-13-7-9-14(10-8-13)24(21,22)17-11-4-12-23-16-6-3-2-5-15(16)18(19)20/h2-3,5-10,17H,4,11-12H2,1H3. The summed E-state index contributed by atoms with van der Waals surface area (Å²) in [5, 5.41) is 10.9. The summed E-state index contributed by atoms with van der Waals surface area (Å²) >= 11 is 0. The molecular weight excluding hydrogens is 332 g/mol. The van der Waals surface area contributed by atoms with E-state index in [9.17, 15) is 18.5 Å². The quantitative estimate of drug-likeness (QED) is 0.448. The fourth-order valence-electron chi connectivity index (χ4n) is 1.99. The first-order chi connectivity index (χ1) is 11.4. The summed E-state index contributed by atoms with van der Waals surface area (Å²) < 4.78 is 32.0. The van der Waals surface area contributed by atoms with Crippen molar-refractivity contribution < 1.29 is 18.1 Å². The maximum atomic E-state index is 12.1. The van der Waals surface area contributed by atoms with Gasteiger partial charge in [0.25, 0.3) is 0 Å². The number of nitro benzene ring substituents is 1. The molecule has 0 radical (unpaired) electrons. The van der Waals surface area contributed by atoms with Gasteiger partial charge in [0.05, 0.1) is 16.4 Å². The summed E-state index contributed by atoms with van der Waals surface area (Å²) in [6.07, 6.45) is 0.386. The average molecular weight is 350 g/mol. The summed E-state index contributed by atoms with van der Waals surface area (Å²) in [5.41, 5.74) is 0.865. The molecule has 8 heteroatoms.